The first-order chi connectivity index (χ1) is 8.10. The minimum atomic E-state index is 0.378. The highest BCUT2D eigenvalue weighted by Crippen LogP contribution is 2.19. The Kier molecular flexibility index (Phi) is 5.02. The molecule has 0 aliphatic rings. The van der Waals surface area contributed by atoms with E-state index in [1.54, 1.807) is 4.68 Å². The molecule has 1 atom stereocenters. The quantitative estimate of drug-likeness (QED) is 0.770. The number of unbranched alkanes of at least 4 members (excludes halogenated alkanes) is 2. The zero-order valence-corrected chi connectivity index (χ0v) is 11.2. The standard InChI is InChI=1S/C13H22N4/c1-5-6-7-8-10(2)15-13-12(9-14)11(3)16-17(13)4/h10,15H,5-8H2,1-4H3. The molecule has 0 aromatic carbocycles. The lowest BCUT2D eigenvalue weighted by Crippen LogP contribution is -2.17. The molecule has 0 fully saturated rings. The van der Waals surface area contributed by atoms with Crippen LogP contribution in [0.25, 0.3) is 0 Å². The van der Waals surface area contributed by atoms with E-state index in [1.807, 2.05) is 14.0 Å². The maximum Gasteiger partial charge on any atom is 0.142 e. The van der Waals surface area contributed by atoms with Crippen molar-refractivity contribution < 1.29 is 0 Å². The fraction of sp³-hybridized carbons (Fsp3) is 0.692. The average Bonchev–Trinajstić information content (AvgIpc) is 2.54. The Labute approximate surface area is 104 Å². The first-order valence-electron chi connectivity index (χ1n) is 6.30. The van der Waals surface area contributed by atoms with Crippen molar-refractivity contribution in [2.24, 2.45) is 7.05 Å². The second-order valence-electron chi connectivity index (χ2n) is 4.59. The van der Waals surface area contributed by atoms with Gasteiger partial charge in [0.2, 0.25) is 0 Å². The molecular weight excluding hydrogens is 212 g/mol. The first kappa shape index (κ1) is 13.6. The zero-order chi connectivity index (χ0) is 12.8. The molecule has 4 nitrogen and oxygen atoms in total. The Balaban J connectivity index is 2.65. The fourth-order valence-electron chi connectivity index (χ4n) is 1.96. The molecule has 1 rings (SSSR count). The van der Waals surface area contributed by atoms with Crippen LogP contribution in [0.2, 0.25) is 0 Å². The van der Waals surface area contributed by atoms with E-state index in [4.69, 9.17) is 5.26 Å². The summed E-state index contributed by atoms with van der Waals surface area (Å²) in [5, 5.41) is 16.7. The number of rotatable bonds is 6. The lowest BCUT2D eigenvalue weighted by Gasteiger charge is -2.15. The van der Waals surface area contributed by atoms with Gasteiger partial charge in [0.15, 0.2) is 0 Å². The van der Waals surface area contributed by atoms with E-state index in [0.717, 1.165) is 17.9 Å². The van der Waals surface area contributed by atoms with Crippen LogP contribution in [0.3, 0.4) is 0 Å². The van der Waals surface area contributed by atoms with Gasteiger partial charge in [-0.3, -0.25) is 4.68 Å². The number of aryl methyl sites for hydroxylation is 2. The van der Waals surface area contributed by atoms with Crippen LogP contribution in [-0.4, -0.2) is 15.8 Å². The number of nitrogens with zero attached hydrogens (tertiary/aromatic N) is 3. The van der Waals surface area contributed by atoms with Crippen LogP contribution < -0.4 is 5.32 Å². The topological polar surface area (TPSA) is 53.6 Å². The molecule has 1 unspecified atom stereocenters. The third-order valence-electron chi connectivity index (χ3n) is 2.96. The van der Waals surface area contributed by atoms with Gasteiger partial charge in [0, 0.05) is 13.1 Å². The summed E-state index contributed by atoms with van der Waals surface area (Å²) in [6.45, 7) is 6.22. The number of hydrogen-bond acceptors (Lipinski definition) is 3. The van der Waals surface area contributed by atoms with E-state index in [2.05, 4.69) is 30.3 Å². The van der Waals surface area contributed by atoms with Crippen molar-refractivity contribution in [1.29, 1.82) is 5.26 Å². The predicted molar refractivity (Wildman–Crippen MR) is 69.9 cm³/mol. The van der Waals surface area contributed by atoms with Crippen molar-refractivity contribution in [3.63, 3.8) is 0 Å². The largest absolute Gasteiger partial charge is 0.367 e. The summed E-state index contributed by atoms with van der Waals surface area (Å²) in [4.78, 5) is 0. The molecule has 1 aromatic rings. The van der Waals surface area contributed by atoms with E-state index in [9.17, 15) is 0 Å². The molecule has 0 amide bonds. The third-order valence-corrected chi connectivity index (χ3v) is 2.96. The summed E-state index contributed by atoms with van der Waals surface area (Å²) in [5.41, 5.74) is 1.45. The predicted octanol–water partition coefficient (Wildman–Crippen LogP) is 2.98. The minimum absolute atomic E-state index is 0.378. The number of hydrogen-bond donors (Lipinski definition) is 1. The van der Waals surface area contributed by atoms with Gasteiger partial charge >= 0.3 is 0 Å². The molecule has 1 N–H and O–H groups in total. The van der Waals surface area contributed by atoms with Gasteiger partial charge in [0.05, 0.1) is 5.69 Å². The minimum Gasteiger partial charge on any atom is -0.367 e. The highest BCUT2D eigenvalue weighted by molar-refractivity contribution is 5.55. The molecule has 0 aliphatic heterocycles. The molecule has 1 heterocycles. The van der Waals surface area contributed by atoms with E-state index < -0.39 is 0 Å². The van der Waals surface area contributed by atoms with Crippen LogP contribution in [0.5, 0.6) is 0 Å². The summed E-state index contributed by atoms with van der Waals surface area (Å²) in [6, 6.07) is 2.59. The Morgan fingerprint density at radius 1 is 1.47 bits per heavy atom. The van der Waals surface area contributed by atoms with E-state index in [0.29, 0.717) is 11.6 Å². The van der Waals surface area contributed by atoms with Gasteiger partial charge in [0.1, 0.15) is 17.5 Å². The Morgan fingerprint density at radius 2 is 2.18 bits per heavy atom. The molecule has 4 heteroatoms. The van der Waals surface area contributed by atoms with Gasteiger partial charge in [-0.15, -0.1) is 0 Å². The maximum absolute atomic E-state index is 9.10. The molecule has 0 bridgehead atoms. The van der Waals surface area contributed by atoms with Crippen LogP contribution in [0.4, 0.5) is 5.82 Å². The number of nitrogens with one attached hydrogen (secondary N) is 1. The smallest absolute Gasteiger partial charge is 0.142 e. The van der Waals surface area contributed by atoms with Crippen molar-refractivity contribution in [3.05, 3.63) is 11.3 Å². The first-order valence-corrected chi connectivity index (χ1v) is 6.30. The molecule has 0 radical (unpaired) electrons. The van der Waals surface area contributed by atoms with Crippen LogP contribution >= 0.6 is 0 Å². The van der Waals surface area contributed by atoms with Crippen molar-refractivity contribution in [1.82, 2.24) is 9.78 Å². The van der Waals surface area contributed by atoms with Gasteiger partial charge in [-0.25, -0.2) is 0 Å². The molecule has 0 saturated heterocycles. The number of anilines is 1. The molecule has 17 heavy (non-hydrogen) atoms. The Hall–Kier alpha value is -1.50. The second kappa shape index (κ2) is 6.29. The van der Waals surface area contributed by atoms with Gasteiger partial charge < -0.3 is 5.32 Å². The highest BCUT2D eigenvalue weighted by atomic mass is 15.3. The summed E-state index contributed by atoms with van der Waals surface area (Å²) >= 11 is 0. The lowest BCUT2D eigenvalue weighted by molar-refractivity contribution is 0.608. The van der Waals surface area contributed by atoms with E-state index in [-0.39, 0.29) is 0 Å². The van der Waals surface area contributed by atoms with Gasteiger partial charge in [-0.05, 0) is 20.3 Å². The van der Waals surface area contributed by atoms with Crippen LogP contribution in [0.1, 0.15) is 50.8 Å². The lowest BCUT2D eigenvalue weighted by atomic mass is 10.1. The van der Waals surface area contributed by atoms with Gasteiger partial charge in [0.25, 0.3) is 0 Å². The number of aromatic nitrogens is 2. The van der Waals surface area contributed by atoms with Crippen molar-refractivity contribution in [3.8, 4) is 6.07 Å². The van der Waals surface area contributed by atoms with E-state index >= 15 is 0 Å². The van der Waals surface area contributed by atoms with Crippen LogP contribution in [0.15, 0.2) is 0 Å². The molecule has 0 saturated carbocycles. The van der Waals surface area contributed by atoms with Crippen molar-refractivity contribution >= 4 is 5.82 Å². The summed E-state index contributed by atoms with van der Waals surface area (Å²) in [5.74, 6) is 0.842. The van der Waals surface area contributed by atoms with Gasteiger partial charge in [-0.2, -0.15) is 10.4 Å². The van der Waals surface area contributed by atoms with E-state index in [1.165, 1.54) is 19.3 Å². The van der Waals surface area contributed by atoms with Crippen molar-refractivity contribution in [2.45, 2.75) is 52.5 Å². The van der Waals surface area contributed by atoms with Crippen LogP contribution in [0, 0.1) is 18.3 Å². The average molecular weight is 234 g/mol. The fourth-order valence-corrected chi connectivity index (χ4v) is 1.96. The van der Waals surface area contributed by atoms with Crippen molar-refractivity contribution in [2.75, 3.05) is 5.32 Å². The third kappa shape index (κ3) is 3.48. The molecule has 0 spiro atoms. The second-order valence-corrected chi connectivity index (χ2v) is 4.59. The molecular formula is C13H22N4. The Bertz CT molecular complexity index is 400. The SMILES string of the molecule is CCCCCC(C)Nc1c(C#N)c(C)nn1C. The molecule has 1 aromatic heterocycles. The highest BCUT2D eigenvalue weighted by Gasteiger charge is 2.14. The summed E-state index contributed by atoms with van der Waals surface area (Å²) in [7, 11) is 1.87. The van der Waals surface area contributed by atoms with Crippen LogP contribution in [-0.2, 0) is 7.05 Å². The van der Waals surface area contributed by atoms with Gasteiger partial charge in [-0.1, -0.05) is 26.2 Å². The Morgan fingerprint density at radius 3 is 2.76 bits per heavy atom. The summed E-state index contributed by atoms with van der Waals surface area (Å²) < 4.78 is 1.75. The number of nitriles is 1. The maximum atomic E-state index is 9.10. The normalized spacial score (nSPS) is 12.2. The monoisotopic (exact) mass is 234 g/mol. The molecule has 94 valence electrons. The summed E-state index contributed by atoms with van der Waals surface area (Å²) in [6.07, 6.45) is 4.86. The zero-order valence-electron chi connectivity index (χ0n) is 11.2. The molecule has 0 aliphatic carbocycles.